The molecule has 1 atom stereocenters. The molecular formula is C13H12N4O6. The number of non-ortho nitro benzene ring substituents is 1. The van der Waals surface area contributed by atoms with Gasteiger partial charge in [0.25, 0.3) is 5.69 Å². The van der Waals surface area contributed by atoms with E-state index in [0.717, 1.165) is 6.07 Å². The van der Waals surface area contributed by atoms with Gasteiger partial charge in [0.05, 0.1) is 16.2 Å². The summed E-state index contributed by atoms with van der Waals surface area (Å²) in [5, 5.41) is 29.6. The van der Waals surface area contributed by atoms with E-state index in [1.165, 1.54) is 25.1 Å². The Morgan fingerprint density at radius 2 is 2.04 bits per heavy atom. The number of aliphatic imine (C=N–C) groups is 1. The van der Waals surface area contributed by atoms with Crippen molar-refractivity contribution in [3.05, 3.63) is 51.2 Å². The van der Waals surface area contributed by atoms with E-state index in [1.807, 2.05) is 0 Å². The molecule has 0 aliphatic carbocycles. The van der Waals surface area contributed by atoms with Crippen LogP contribution < -0.4 is 5.73 Å². The van der Waals surface area contributed by atoms with Crippen LogP contribution in [0.2, 0.25) is 0 Å². The first-order valence-electron chi connectivity index (χ1n) is 6.28. The molecule has 10 nitrogen and oxygen atoms in total. The number of nitro groups is 1. The quantitative estimate of drug-likeness (QED) is 0.559. The highest BCUT2D eigenvalue weighted by atomic mass is 16.6. The third-order valence-electron chi connectivity index (χ3n) is 3.28. The first-order valence-corrected chi connectivity index (χ1v) is 6.28. The number of nitrogens with zero attached hydrogens (tertiary/aromatic N) is 3. The molecule has 0 aromatic heterocycles. The van der Waals surface area contributed by atoms with Crippen molar-refractivity contribution in [1.29, 1.82) is 0 Å². The highest BCUT2D eigenvalue weighted by molar-refractivity contribution is 5.99. The minimum absolute atomic E-state index is 0.0315. The van der Waals surface area contributed by atoms with E-state index in [1.54, 1.807) is 0 Å². The molecule has 1 aliphatic heterocycles. The summed E-state index contributed by atoms with van der Waals surface area (Å²) in [7, 11) is 0. The minimum Gasteiger partial charge on any atom is -0.478 e. The van der Waals surface area contributed by atoms with Gasteiger partial charge in [-0.3, -0.25) is 10.1 Å². The monoisotopic (exact) mass is 320 g/mol. The maximum absolute atomic E-state index is 11.5. The summed E-state index contributed by atoms with van der Waals surface area (Å²) in [4.78, 5) is 37.5. The molecule has 0 spiro atoms. The van der Waals surface area contributed by atoms with E-state index in [0.29, 0.717) is 4.90 Å². The molecule has 1 aromatic carbocycles. The minimum atomic E-state index is -1.52. The Kier molecular flexibility index (Phi) is 3.99. The fraction of sp³-hybridized carbons (Fsp3) is 0.154. The second-order valence-corrected chi connectivity index (χ2v) is 4.68. The summed E-state index contributed by atoms with van der Waals surface area (Å²) in [6.45, 7) is 1.37. The number of allylic oxidation sites excluding steroid dienone is 1. The van der Waals surface area contributed by atoms with Crippen molar-refractivity contribution in [1.82, 2.24) is 4.90 Å². The number of guanidine groups is 1. The van der Waals surface area contributed by atoms with Gasteiger partial charge >= 0.3 is 12.1 Å². The number of amides is 1. The van der Waals surface area contributed by atoms with E-state index in [4.69, 9.17) is 5.73 Å². The third-order valence-corrected chi connectivity index (χ3v) is 3.28. The van der Waals surface area contributed by atoms with Gasteiger partial charge in [0.2, 0.25) is 5.96 Å². The summed E-state index contributed by atoms with van der Waals surface area (Å²) in [6.07, 6.45) is -1.52. The Morgan fingerprint density at radius 1 is 1.39 bits per heavy atom. The molecule has 4 N–H and O–H groups in total. The summed E-state index contributed by atoms with van der Waals surface area (Å²) in [5.74, 6) is -1.79. The lowest BCUT2D eigenvalue weighted by Crippen LogP contribution is -2.47. The van der Waals surface area contributed by atoms with Crippen molar-refractivity contribution >= 4 is 23.7 Å². The van der Waals surface area contributed by atoms with Gasteiger partial charge in [0, 0.05) is 12.1 Å². The van der Waals surface area contributed by atoms with Gasteiger partial charge in [-0.2, -0.15) is 0 Å². The Bertz CT molecular complexity index is 769. The Morgan fingerprint density at radius 3 is 2.57 bits per heavy atom. The van der Waals surface area contributed by atoms with E-state index in [-0.39, 0.29) is 22.5 Å². The lowest BCUT2D eigenvalue weighted by molar-refractivity contribution is -0.384. The van der Waals surface area contributed by atoms with Crippen LogP contribution in [0.1, 0.15) is 18.5 Å². The molecule has 1 aromatic rings. The fourth-order valence-corrected chi connectivity index (χ4v) is 2.35. The summed E-state index contributed by atoms with van der Waals surface area (Å²) < 4.78 is 0. The highest BCUT2D eigenvalue weighted by Crippen LogP contribution is 2.35. The Balaban J connectivity index is 2.69. The zero-order chi connectivity index (χ0) is 17.3. The normalized spacial score (nSPS) is 17.7. The number of nitrogens with two attached hydrogens (primary N) is 1. The molecule has 1 amide bonds. The van der Waals surface area contributed by atoms with Crippen LogP contribution in [0, 0.1) is 10.1 Å². The van der Waals surface area contributed by atoms with E-state index >= 15 is 0 Å². The molecule has 120 valence electrons. The van der Waals surface area contributed by atoms with Crippen LogP contribution in [-0.4, -0.2) is 38.1 Å². The molecule has 1 heterocycles. The second kappa shape index (κ2) is 5.75. The molecule has 0 saturated carbocycles. The van der Waals surface area contributed by atoms with Crippen LogP contribution >= 0.6 is 0 Å². The van der Waals surface area contributed by atoms with Gasteiger partial charge in [0.1, 0.15) is 6.04 Å². The molecule has 1 aliphatic rings. The van der Waals surface area contributed by atoms with Crippen molar-refractivity contribution in [3.8, 4) is 0 Å². The van der Waals surface area contributed by atoms with Crippen LogP contribution in [0.3, 0.4) is 0 Å². The topological polar surface area (TPSA) is 159 Å². The summed E-state index contributed by atoms with van der Waals surface area (Å²) in [6, 6.07) is 3.72. The van der Waals surface area contributed by atoms with Crippen molar-refractivity contribution in [3.63, 3.8) is 0 Å². The highest BCUT2D eigenvalue weighted by Gasteiger charge is 2.39. The maximum atomic E-state index is 11.5. The largest absolute Gasteiger partial charge is 0.478 e. The molecule has 10 heteroatoms. The van der Waals surface area contributed by atoms with Gasteiger partial charge in [-0.05, 0) is 12.5 Å². The number of carboxylic acids is 1. The number of benzene rings is 1. The first-order chi connectivity index (χ1) is 10.7. The van der Waals surface area contributed by atoms with Crippen molar-refractivity contribution in [2.45, 2.75) is 13.0 Å². The predicted molar refractivity (Wildman–Crippen MR) is 77.7 cm³/mol. The average Bonchev–Trinajstić information content (AvgIpc) is 2.45. The predicted octanol–water partition coefficient (Wildman–Crippen LogP) is 1.30. The number of carboxylic acid groups (broad SMARTS) is 2. The van der Waals surface area contributed by atoms with Crippen molar-refractivity contribution in [2.24, 2.45) is 10.7 Å². The lowest BCUT2D eigenvalue weighted by Gasteiger charge is -2.32. The number of aliphatic carboxylic acids is 1. The third kappa shape index (κ3) is 2.81. The zero-order valence-corrected chi connectivity index (χ0v) is 11.8. The first kappa shape index (κ1) is 15.9. The molecule has 0 radical (unpaired) electrons. The zero-order valence-electron chi connectivity index (χ0n) is 11.8. The molecule has 23 heavy (non-hydrogen) atoms. The van der Waals surface area contributed by atoms with Crippen LogP contribution in [0.4, 0.5) is 10.5 Å². The molecule has 1 unspecified atom stereocenters. The molecule has 0 fully saturated rings. The maximum Gasteiger partial charge on any atom is 0.415 e. The smallest absolute Gasteiger partial charge is 0.415 e. The fourth-order valence-electron chi connectivity index (χ4n) is 2.35. The van der Waals surface area contributed by atoms with Crippen LogP contribution in [0.5, 0.6) is 0 Å². The second-order valence-electron chi connectivity index (χ2n) is 4.68. The van der Waals surface area contributed by atoms with Crippen molar-refractivity contribution in [2.75, 3.05) is 0 Å². The molecule has 2 rings (SSSR count). The van der Waals surface area contributed by atoms with Gasteiger partial charge in [-0.25, -0.2) is 19.5 Å². The van der Waals surface area contributed by atoms with Crippen LogP contribution in [-0.2, 0) is 4.79 Å². The van der Waals surface area contributed by atoms with E-state index < -0.39 is 29.0 Å². The van der Waals surface area contributed by atoms with Crippen LogP contribution in [0.25, 0.3) is 0 Å². The molecular weight excluding hydrogens is 308 g/mol. The van der Waals surface area contributed by atoms with E-state index in [9.17, 15) is 29.9 Å². The van der Waals surface area contributed by atoms with Gasteiger partial charge < -0.3 is 15.9 Å². The average molecular weight is 320 g/mol. The van der Waals surface area contributed by atoms with E-state index in [2.05, 4.69) is 4.99 Å². The van der Waals surface area contributed by atoms with Gasteiger partial charge in [-0.15, -0.1) is 0 Å². The molecule has 0 bridgehead atoms. The lowest BCUT2D eigenvalue weighted by atomic mass is 9.94. The number of rotatable bonds is 3. The number of nitro benzene ring substituents is 1. The Hall–Kier alpha value is -3.43. The molecule has 0 saturated heterocycles. The Labute approximate surface area is 129 Å². The SMILES string of the molecule is CC1=C(C(=O)O)C(c2cccc([N+](=O)[O-])c2)N(C(=O)O)C(N)=N1. The number of hydrogen-bond donors (Lipinski definition) is 3. The van der Waals surface area contributed by atoms with Crippen molar-refractivity contribution < 1.29 is 24.7 Å². The summed E-state index contributed by atoms with van der Waals surface area (Å²) in [5.41, 5.74) is 5.12. The van der Waals surface area contributed by atoms with Crippen LogP contribution in [0.15, 0.2) is 40.5 Å². The standard InChI is InChI=1S/C13H12N4O6/c1-6-9(11(18)19)10(16(13(20)21)12(14)15-6)7-3-2-4-8(5-7)17(22)23/h2-5,10H,1H3,(H2,14,15)(H,18,19)(H,20,21). The number of hydrogen-bond acceptors (Lipinski definition) is 6. The summed E-state index contributed by atoms with van der Waals surface area (Å²) >= 11 is 0. The van der Waals surface area contributed by atoms with Gasteiger partial charge in [-0.1, -0.05) is 12.1 Å². The van der Waals surface area contributed by atoms with Gasteiger partial charge in [0.15, 0.2) is 0 Å². The number of carbonyl (C=O) groups is 2.